The summed E-state index contributed by atoms with van der Waals surface area (Å²) in [5.41, 5.74) is 6.04. The van der Waals surface area contributed by atoms with Crippen LogP contribution in [0.15, 0.2) is 77.7 Å². The second-order valence-electron chi connectivity index (χ2n) is 8.08. The molecule has 1 aliphatic heterocycles. The molecule has 2 unspecified atom stereocenters. The summed E-state index contributed by atoms with van der Waals surface area (Å²) in [5.74, 6) is 0.700. The van der Waals surface area contributed by atoms with Crippen LogP contribution in [-0.2, 0) is 24.1 Å². The van der Waals surface area contributed by atoms with Crippen LogP contribution in [0.3, 0.4) is 0 Å². The predicted octanol–water partition coefficient (Wildman–Crippen LogP) is 6.09. The molecule has 2 atom stereocenters. The molecule has 0 saturated heterocycles. The van der Waals surface area contributed by atoms with Crippen LogP contribution in [0.4, 0.5) is 0 Å². The van der Waals surface area contributed by atoms with Gasteiger partial charge in [0.1, 0.15) is 5.75 Å². The van der Waals surface area contributed by atoms with Crippen molar-refractivity contribution in [3.63, 3.8) is 0 Å². The van der Waals surface area contributed by atoms with Gasteiger partial charge in [0.15, 0.2) is 4.90 Å². The Hall–Kier alpha value is -2.24. The van der Waals surface area contributed by atoms with Crippen LogP contribution in [0.5, 0.6) is 0 Å². The summed E-state index contributed by atoms with van der Waals surface area (Å²) >= 11 is 5.64. The Bertz CT molecular complexity index is 1180. The van der Waals surface area contributed by atoms with Gasteiger partial charge >= 0.3 is 0 Å². The highest BCUT2D eigenvalue weighted by Crippen LogP contribution is 2.38. The van der Waals surface area contributed by atoms with Gasteiger partial charge in [-0.25, -0.2) is 0 Å². The third-order valence-electron chi connectivity index (χ3n) is 6.09. The fraction of sp³-hybridized carbons (Fsp3) is 0.231. The number of hydrogen-bond acceptors (Lipinski definition) is 2. The van der Waals surface area contributed by atoms with Gasteiger partial charge in [0, 0.05) is 30.1 Å². The van der Waals surface area contributed by atoms with Gasteiger partial charge in [-0.15, -0.1) is 0 Å². The van der Waals surface area contributed by atoms with E-state index in [1.54, 1.807) is 0 Å². The first-order valence-electron chi connectivity index (χ1n) is 10.7. The molecule has 4 aromatic rings. The highest BCUT2D eigenvalue weighted by molar-refractivity contribution is 7.91. The van der Waals surface area contributed by atoms with Crippen LogP contribution in [0, 0.1) is 0 Å². The maximum atomic E-state index is 12.5. The lowest BCUT2D eigenvalue weighted by atomic mass is 9.94. The second kappa shape index (κ2) is 9.09. The van der Waals surface area contributed by atoms with Crippen molar-refractivity contribution >= 4 is 33.7 Å². The van der Waals surface area contributed by atoms with Gasteiger partial charge in [-0.2, -0.15) is 0 Å². The van der Waals surface area contributed by atoms with Crippen molar-refractivity contribution < 1.29 is 4.55 Å². The fourth-order valence-corrected chi connectivity index (χ4v) is 5.87. The normalized spacial score (nSPS) is 16.9. The smallest absolute Gasteiger partial charge is 0.152 e. The van der Waals surface area contributed by atoms with Crippen molar-refractivity contribution in [2.75, 3.05) is 5.75 Å². The monoisotopic (exact) mass is 448 g/mol. The van der Waals surface area contributed by atoms with Crippen LogP contribution in [0.1, 0.15) is 24.1 Å². The Morgan fingerprint density at radius 3 is 2.48 bits per heavy atom. The Labute approximate surface area is 191 Å². The van der Waals surface area contributed by atoms with E-state index in [0.717, 1.165) is 41.2 Å². The zero-order valence-corrected chi connectivity index (χ0v) is 18.8. The summed E-state index contributed by atoms with van der Waals surface area (Å²) in [6.45, 7) is 0.821. The molecule has 3 aromatic carbocycles. The average molecular weight is 449 g/mol. The van der Waals surface area contributed by atoms with E-state index >= 15 is 0 Å². The third kappa shape index (κ3) is 4.26. The number of H-pyrrole nitrogens is 1. The molecule has 2 N–H and O–H groups in total. The molecular weight excluding hydrogens is 424 g/mol. The lowest BCUT2D eigenvalue weighted by molar-refractivity contribution is 0.445. The SMILES string of the molecule is [O-][S+](CCCC1Cc2[nH]c3c(Cl)ccc(-c4ccccc4)c3c2CN1)c1ccccc1. The summed E-state index contributed by atoms with van der Waals surface area (Å²) in [5, 5.41) is 5.69. The molecule has 0 saturated carbocycles. The Morgan fingerprint density at radius 1 is 0.968 bits per heavy atom. The minimum atomic E-state index is -0.926. The van der Waals surface area contributed by atoms with E-state index in [1.165, 1.54) is 27.8 Å². The lowest BCUT2D eigenvalue weighted by Crippen LogP contribution is -2.35. The van der Waals surface area contributed by atoms with Gasteiger partial charge in [0.25, 0.3) is 0 Å². The molecule has 31 heavy (non-hydrogen) atoms. The number of rotatable bonds is 6. The zero-order valence-electron chi connectivity index (χ0n) is 17.2. The number of halogens is 1. The van der Waals surface area contributed by atoms with Gasteiger partial charge in [0.2, 0.25) is 0 Å². The van der Waals surface area contributed by atoms with Crippen molar-refractivity contribution in [3.05, 3.63) is 89.1 Å². The average Bonchev–Trinajstić information content (AvgIpc) is 3.20. The van der Waals surface area contributed by atoms with E-state index in [0.29, 0.717) is 11.8 Å². The molecule has 5 heteroatoms. The fourth-order valence-electron chi connectivity index (χ4n) is 4.54. The quantitative estimate of drug-likeness (QED) is 0.350. The molecule has 158 valence electrons. The summed E-state index contributed by atoms with van der Waals surface area (Å²) in [6.07, 6.45) is 2.88. The molecule has 0 fully saturated rings. The van der Waals surface area contributed by atoms with E-state index in [1.807, 2.05) is 42.5 Å². The number of aromatic amines is 1. The molecule has 0 amide bonds. The van der Waals surface area contributed by atoms with Gasteiger partial charge in [-0.1, -0.05) is 66.2 Å². The number of benzene rings is 3. The van der Waals surface area contributed by atoms with E-state index < -0.39 is 11.2 Å². The Balaban J connectivity index is 1.32. The van der Waals surface area contributed by atoms with Crippen molar-refractivity contribution in [2.24, 2.45) is 0 Å². The Morgan fingerprint density at radius 2 is 1.71 bits per heavy atom. The minimum Gasteiger partial charge on any atom is -0.611 e. The molecule has 1 aliphatic rings. The van der Waals surface area contributed by atoms with Crippen molar-refractivity contribution in [1.29, 1.82) is 0 Å². The first kappa shape index (κ1) is 20.7. The van der Waals surface area contributed by atoms with Crippen LogP contribution in [-0.4, -0.2) is 21.3 Å². The standard InChI is InChI=1S/C26H25ClN2OS/c27-23-14-13-21(18-8-3-1-4-9-18)25-22-17-28-19(16-24(22)29-26(23)25)10-7-15-31(30)20-11-5-2-6-12-20/h1-6,8-9,11-14,19,28-29H,7,10,15-17H2. The van der Waals surface area contributed by atoms with Gasteiger partial charge in [-0.3, -0.25) is 0 Å². The maximum Gasteiger partial charge on any atom is 0.152 e. The number of nitrogens with one attached hydrogen (secondary N) is 2. The van der Waals surface area contributed by atoms with Crippen molar-refractivity contribution in [3.8, 4) is 11.1 Å². The number of fused-ring (bicyclic) bond motifs is 3. The van der Waals surface area contributed by atoms with Gasteiger partial charge in [0.05, 0.1) is 10.5 Å². The van der Waals surface area contributed by atoms with Crippen LogP contribution >= 0.6 is 11.6 Å². The molecular formula is C26H25ClN2OS. The summed E-state index contributed by atoms with van der Waals surface area (Å²) in [6, 6.07) is 24.7. The van der Waals surface area contributed by atoms with E-state index in [4.69, 9.17) is 11.6 Å². The van der Waals surface area contributed by atoms with Crippen LogP contribution < -0.4 is 5.32 Å². The maximum absolute atomic E-state index is 12.5. The van der Waals surface area contributed by atoms with Crippen molar-refractivity contribution in [2.45, 2.75) is 36.7 Å². The summed E-state index contributed by atoms with van der Waals surface area (Å²) in [7, 11) is 0. The molecule has 0 spiro atoms. The van der Waals surface area contributed by atoms with Gasteiger partial charge < -0.3 is 14.9 Å². The highest BCUT2D eigenvalue weighted by Gasteiger charge is 2.25. The Kier molecular flexibility index (Phi) is 6.06. The number of hydrogen-bond donors (Lipinski definition) is 2. The van der Waals surface area contributed by atoms with E-state index in [2.05, 4.69) is 40.6 Å². The van der Waals surface area contributed by atoms with Gasteiger partial charge in [-0.05, 0) is 58.9 Å². The molecule has 5 rings (SSSR count). The van der Waals surface area contributed by atoms with E-state index in [-0.39, 0.29) is 0 Å². The minimum absolute atomic E-state index is 0.382. The molecule has 3 nitrogen and oxygen atoms in total. The highest BCUT2D eigenvalue weighted by atomic mass is 35.5. The zero-order chi connectivity index (χ0) is 21.2. The second-order valence-corrected chi connectivity index (χ2v) is 10.1. The molecule has 2 heterocycles. The van der Waals surface area contributed by atoms with Crippen LogP contribution in [0.2, 0.25) is 5.02 Å². The summed E-state index contributed by atoms with van der Waals surface area (Å²) < 4.78 is 12.5. The first-order chi connectivity index (χ1) is 15.2. The van der Waals surface area contributed by atoms with Crippen molar-refractivity contribution in [1.82, 2.24) is 10.3 Å². The number of aromatic nitrogens is 1. The van der Waals surface area contributed by atoms with E-state index in [9.17, 15) is 4.55 Å². The first-order valence-corrected chi connectivity index (χ1v) is 12.4. The third-order valence-corrected chi connectivity index (χ3v) is 7.86. The topological polar surface area (TPSA) is 50.9 Å². The summed E-state index contributed by atoms with van der Waals surface area (Å²) in [4.78, 5) is 4.53. The predicted molar refractivity (Wildman–Crippen MR) is 130 cm³/mol. The molecule has 0 radical (unpaired) electrons. The largest absolute Gasteiger partial charge is 0.611 e. The molecule has 0 aliphatic carbocycles. The molecule has 1 aromatic heterocycles. The lowest BCUT2D eigenvalue weighted by Gasteiger charge is -2.24. The van der Waals surface area contributed by atoms with Crippen LogP contribution in [0.25, 0.3) is 22.0 Å². The molecule has 0 bridgehead atoms.